The van der Waals surface area contributed by atoms with Gasteiger partial charge in [0.05, 0.1) is 0 Å². The summed E-state index contributed by atoms with van der Waals surface area (Å²) in [4.78, 5) is 0. The van der Waals surface area contributed by atoms with Crippen molar-refractivity contribution in [2.24, 2.45) is 5.73 Å². The summed E-state index contributed by atoms with van der Waals surface area (Å²) < 4.78 is 1.07. The topological polar surface area (TPSA) is 26.0 Å². The average molecular weight is 359 g/mol. The second-order valence-electron chi connectivity index (χ2n) is 4.53. The summed E-state index contributed by atoms with van der Waals surface area (Å²) in [5.74, 6) is 0. The predicted molar refractivity (Wildman–Crippen MR) is 86.0 cm³/mol. The number of nitrogens with two attached hydrogens (primary N) is 1. The van der Waals surface area contributed by atoms with Crippen LogP contribution >= 0.6 is 39.1 Å². The molecule has 0 amide bonds. The van der Waals surface area contributed by atoms with Crippen LogP contribution in [0, 0.1) is 0 Å². The summed E-state index contributed by atoms with van der Waals surface area (Å²) in [7, 11) is 0. The molecular weight excluding hydrogens is 345 g/mol. The monoisotopic (exact) mass is 357 g/mol. The molecule has 19 heavy (non-hydrogen) atoms. The highest BCUT2D eigenvalue weighted by molar-refractivity contribution is 9.10. The lowest BCUT2D eigenvalue weighted by Crippen LogP contribution is -2.25. The number of hydrogen-bond donors (Lipinski definition) is 1. The van der Waals surface area contributed by atoms with E-state index in [9.17, 15) is 0 Å². The first-order valence-corrected chi connectivity index (χ1v) is 7.53. The highest BCUT2D eigenvalue weighted by atomic mass is 79.9. The van der Waals surface area contributed by atoms with Crippen molar-refractivity contribution in [1.29, 1.82) is 0 Å². The van der Waals surface area contributed by atoms with E-state index in [-0.39, 0.29) is 6.04 Å². The Morgan fingerprint density at radius 2 is 1.84 bits per heavy atom. The molecule has 4 heteroatoms. The maximum Gasteiger partial charge on any atom is 0.0453 e. The van der Waals surface area contributed by atoms with Crippen LogP contribution in [0.2, 0.25) is 10.0 Å². The zero-order valence-corrected chi connectivity index (χ0v) is 13.3. The summed E-state index contributed by atoms with van der Waals surface area (Å²) in [5.41, 5.74) is 8.44. The zero-order chi connectivity index (χ0) is 13.8. The number of rotatable bonds is 4. The van der Waals surface area contributed by atoms with Gasteiger partial charge < -0.3 is 5.73 Å². The van der Waals surface area contributed by atoms with Crippen LogP contribution in [0.4, 0.5) is 0 Å². The molecule has 0 heterocycles. The lowest BCUT2D eigenvalue weighted by molar-refractivity contribution is 0.665. The summed E-state index contributed by atoms with van der Waals surface area (Å²) in [6.07, 6.45) is 1.56. The molecule has 0 aliphatic rings. The molecule has 1 unspecified atom stereocenters. The number of benzene rings is 2. The smallest absolute Gasteiger partial charge is 0.0453 e. The maximum absolute atomic E-state index is 6.19. The van der Waals surface area contributed by atoms with Crippen molar-refractivity contribution in [2.75, 3.05) is 0 Å². The molecule has 2 aromatic rings. The van der Waals surface area contributed by atoms with Gasteiger partial charge >= 0.3 is 0 Å². The van der Waals surface area contributed by atoms with E-state index < -0.39 is 0 Å². The summed E-state index contributed by atoms with van der Waals surface area (Å²) >= 11 is 15.5. The molecule has 0 aromatic heterocycles. The minimum absolute atomic E-state index is 0.0352. The largest absolute Gasteiger partial charge is 0.327 e. The van der Waals surface area contributed by atoms with Gasteiger partial charge in [-0.1, -0.05) is 57.3 Å². The highest BCUT2D eigenvalue weighted by Gasteiger charge is 2.09. The Balaban J connectivity index is 2.03. The van der Waals surface area contributed by atoms with E-state index in [4.69, 9.17) is 28.9 Å². The quantitative estimate of drug-likeness (QED) is 0.828. The van der Waals surface area contributed by atoms with E-state index in [2.05, 4.69) is 28.1 Å². The number of hydrogen-bond acceptors (Lipinski definition) is 1. The van der Waals surface area contributed by atoms with Crippen LogP contribution < -0.4 is 5.73 Å². The SMILES string of the molecule is NC(Cc1cccc(Br)c1)Cc1ccc(Cl)cc1Cl. The fraction of sp³-hybridized carbons (Fsp3) is 0.200. The minimum atomic E-state index is 0.0352. The molecule has 0 saturated heterocycles. The molecule has 2 rings (SSSR count). The van der Waals surface area contributed by atoms with E-state index in [1.54, 1.807) is 6.07 Å². The van der Waals surface area contributed by atoms with Gasteiger partial charge in [0.15, 0.2) is 0 Å². The molecule has 1 atom stereocenters. The molecule has 100 valence electrons. The Labute approximate surface area is 131 Å². The van der Waals surface area contributed by atoms with E-state index in [0.29, 0.717) is 10.0 Å². The molecule has 0 spiro atoms. The van der Waals surface area contributed by atoms with Crippen molar-refractivity contribution < 1.29 is 0 Å². The molecular formula is C15H14BrCl2N. The third-order valence-corrected chi connectivity index (χ3v) is 3.96. The molecule has 0 radical (unpaired) electrons. The Kier molecular flexibility index (Phi) is 5.28. The van der Waals surface area contributed by atoms with Gasteiger partial charge in [0.25, 0.3) is 0 Å². The van der Waals surface area contributed by atoms with Crippen LogP contribution in [0.25, 0.3) is 0 Å². The van der Waals surface area contributed by atoms with Crippen LogP contribution in [0.1, 0.15) is 11.1 Å². The van der Waals surface area contributed by atoms with Crippen molar-refractivity contribution in [1.82, 2.24) is 0 Å². The molecule has 0 saturated carbocycles. The van der Waals surface area contributed by atoms with Crippen LogP contribution in [0.3, 0.4) is 0 Å². The number of halogens is 3. The van der Waals surface area contributed by atoms with E-state index in [0.717, 1.165) is 22.9 Å². The van der Waals surface area contributed by atoms with Crippen LogP contribution in [0.5, 0.6) is 0 Å². The van der Waals surface area contributed by atoms with Crippen LogP contribution in [-0.2, 0) is 12.8 Å². The third-order valence-electron chi connectivity index (χ3n) is 2.88. The van der Waals surface area contributed by atoms with Crippen molar-refractivity contribution in [3.8, 4) is 0 Å². The van der Waals surface area contributed by atoms with Gasteiger partial charge in [0.1, 0.15) is 0 Å². The lowest BCUT2D eigenvalue weighted by Gasteiger charge is -2.13. The molecule has 0 aliphatic carbocycles. The van der Waals surface area contributed by atoms with E-state index in [1.165, 1.54) is 5.56 Å². The fourth-order valence-electron chi connectivity index (χ4n) is 2.01. The van der Waals surface area contributed by atoms with Crippen molar-refractivity contribution in [3.63, 3.8) is 0 Å². The maximum atomic E-state index is 6.19. The zero-order valence-electron chi connectivity index (χ0n) is 10.2. The summed E-state index contributed by atoms with van der Waals surface area (Å²) in [6.45, 7) is 0. The van der Waals surface area contributed by atoms with Crippen LogP contribution in [0.15, 0.2) is 46.9 Å². The third kappa shape index (κ3) is 4.50. The lowest BCUT2D eigenvalue weighted by atomic mass is 10.00. The van der Waals surface area contributed by atoms with Gasteiger partial charge in [0.2, 0.25) is 0 Å². The molecule has 2 N–H and O–H groups in total. The molecule has 0 bridgehead atoms. The Morgan fingerprint density at radius 3 is 2.53 bits per heavy atom. The first-order valence-electron chi connectivity index (χ1n) is 5.98. The molecule has 2 aromatic carbocycles. The molecule has 1 nitrogen and oxygen atoms in total. The van der Waals surface area contributed by atoms with Gasteiger partial charge in [-0.05, 0) is 48.2 Å². The summed E-state index contributed by atoms with van der Waals surface area (Å²) in [5, 5.41) is 1.33. The van der Waals surface area contributed by atoms with E-state index in [1.807, 2.05) is 24.3 Å². The van der Waals surface area contributed by atoms with Gasteiger partial charge in [-0.15, -0.1) is 0 Å². The van der Waals surface area contributed by atoms with Crippen molar-refractivity contribution in [3.05, 3.63) is 68.1 Å². The Hall–Kier alpha value is -0.540. The molecule has 0 aliphatic heterocycles. The van der Waals surface area contributed by atoms with Crippen LogP contribution in [-0.4, -0.2) is 6.04 Å². The second kappa shape index (κ2) is 6.76. The Morgan fingerprint density at radius 1 is 1.05 bits per heavy atom. The highest BCUT2D eigenvalue weighted by Crippen LogP contribution is 2.22. The van der Waals surface area contributed by atoms with Gasteiger partial charge in [0, 0.05) is 20.6 Å². The normalized spacial score (nSPS) is 12.4. The first-order chi connectivity index (χ1) is 9.04. The average Bonchev–Trinajstić information content (AvgIpc) is 2.33. The Bertz CT molecular complexity index is 572. The second-order valence-corrected chi connectivity index (χ2v) is 6.29. The van der Waals surface area contributed by atoms with Crippen molar-refractivity contribution in [2.45, 2.75) is 18.9 Å². The van der Waals surface area contributed by atoms with Crippen molar-refractivity contribution >= 4 is 39.1 Å². The van der Waals surface area contributed by atoms with E-state index >= 15 is 0 Å². The minimum Gasteiger partial charge on any atom is -0.327 e. The van der Waals surface area contributed by atoms with Gasteiger partial charge in [-0.3, -0.25) is 0 Å². The molecule has 0 fully saturated rings. The van der Waals surface area contributed by atoms with Gasteiger partial charge in [-0.25, -0.2) is 0 Å². The standard InChI is InChI=1S/C15H14BrCl2N/c16-12-3-1-2-10(6-12)7-14(19)8-11-4-5-13(17)9-15(11)18/h1-6,9,14H,7-8,19H2. The van der Waals surface area contributed by atoms with Gasteiger partial charge in [-0.2, -0.15) is 0 Å². The predicted octanol–water partition coefficient (Wildman–Crippen LogP) is 4.87. The summed E-state index contributed by atoms with van der Waals surface area (Å²) in [6, 6.07) is 13.8. The first kappa shape index (κ1) is 14.9. The fourth-order valence-corrected chi connectivity index (χ4v) is 2.94.